The third-order valence-electron chi connectivity index (χ3n) is 3.88. The average molecular weight is 296 g/mol. The molecule has 1 aliphatic rings. The van der Waals surface area contributed by atoms with Crippen molar-refractivity contribution >= 4 is 28.9 Å². The van der Waals surface area contributed by atoms with Gasteiger partial charge in [0.1, 0.15) is 0 Å². The largest absolute Gasteiger partial charge is 0.397 e. The summed E-state index contributed by atoms with van der Waals surface area (Å²) in [6.45, 7) is 5.29. The minimum atomic E-state index is 0.0201. The fraction of sp³-hybridized carbons (Fsp3) is 0.533. The van der Waals surface area contributed by atoms with Gasteiger partial charge in [-0.3, -0.25) is 4.79 Å². The summed E-state index contributed by atoms with van der Waals surface area (Å²) in [5.41, 5.74) is 6.89. The summed E-state index contributed by atoms with van der Waals surface area (Å²) in [5.74, 6) is 0.820. The Morgan fingerprint density at radius 2 is 2.35 bits per heavy atom. The van der Waals surface area contributed by atoms with Gasteiger partial charge in [-0.1, -0.05) is 24.9 Å². The van der Waals surface area contributed by atoms with E-state index in [0.717, 1.165) is 25.6 Å². The van der Waals surface area contributed by atoms with E-state index in [9.17, 15) is 4.79 Å². The Bertz CT molecular complexity index is 478. The molecule has 1 atom stereocenters. The number of nitrogens with zero attached hydrogens (tertiary/aromatic N) is 1. The standard InChI is InChI=1S/C15H22ClN3O/c1-2-11-5-7-19(10-11)8-6-15(20)18-12-3-4-13(16)14(17)9-12/h3-4,9,11H,2,5-8,10,17H2,1H3,(H,18,20). The van der Waals surface area contributed by atoms with E-state index >= 15 is 0 Å². The van der Waals surface area contributed by atoms with Crippen LogP contribution in [-0.4, -0.2) is 30.4 Å². The number of nitrogens with two attached hydrogens (primary N) is 1. The first-order valence-corrected chi connectivity index (χ1v) is 7.53. The van der Waals surface area contributed by atoms with Gasteiger partial charge in [-0.05, 0) is 37.1 Å². The number of carbonyl (C=O) groups excluding carboxylic acids is 1. The summed E-state index contributed by atoms with van der Waals surface area (Å²) >= 11 is 5.85. The first-order chi connectivity index (χ1) is 9.58. The van der Waals surface area contributed by atoms with Crippen LogP contribution in [0.4, 0.5) is 11.4 Å². The number of carbonyl (C=O) groups is 1. The molecule has 0 bridgehead atoms. The van der Waals surface area contributed by atoms with Gasteiger partial charge in [0.25, 0.3) is 0 Å². The van der Waals surface area contributed by atoms with Crippen LogP contribution in [0.5, 0.6) is 0 Å². The highest BCUT2D eigenvalue weighted by molar-refractivity contribution is 6.33. The van der Waals surface area contributed by atoms with Gasteiger partial charge in [0.2, 0.25) is 5.91 Å². The molecule has 110 valence electrons. The Hall–Kier alpha value is -1.26. The van der Waals surface area contributed by atoms with Crippen LogP contribution < -0.4 is 11.1 Å². The average Bonchev–Trinajstić information content (AvgIpc) is 2.89. The Labute approximate surface area is 125 Å². The Balaban J connectivity index is 1.76. The Morgan fingerprint density at radius 1 is 1.55 bits per heavy atom. The summed E-state index contributed by atoms with van der Waals surface area (Å²) in [6, 6.07) is 5.14. The molecule has 1 aromatic carbocycles. The second-order valence-corrected chi connectivity index (χ2v) is 5.81. The SMILES string of the molecule is CCC1CCN(CCC(=O)Nc2ccc(Cl)c(N)c2)C1. The van der Waals surface area contributed by atoms with Crippen LogP contribution in [0, 0.1) is 5.92 Å². The molecule has 3 N–H and O–H groups in total. The number of nitrogen functional groups attached to an aromatic ring is 1. The van der Waals surface area contributed by atoms with Crippen molar-refractivity contribution in [2.45, 2.75) is 26.2 Å². The van der Waals surface area contributed by atoms with Crippen molar-refractivity contribution in [3.05, 3.63) is 23.2 Å². The molecule has 0 aromatic heterocycles. The minimum absolute atomic E-state index is 0.0201. The Kier molecular flexibility index (Phi) is 5.26. The molecule has 0 radical (unpaired) electrons. The summed E-state index contributed by atoms with van der Waals surface area (Å²) in [5, 5.41) is 3.36. The molecule has 0 saturated carbocycles. The van der Waals surface area contributed by atoms with E-state index in [1.54, 1.807) is 18.2 Å². The number of likely N-dealkylation sites (tertiary alicyclic amines) is 1. The lowest BCUT2D eigenvalue weighted by Gasteiger charge is -2.15. The first-order valence-electron chi connectivity index (χ1n) is 7.15. The third kappa shape index (κ3) is 4.12. The topological polar surface area (TPSA) is 58.4 Å². The van der Waals surface area contributed by atoms with E-state index in [2.05, 4.69) is 17.1 Å². The van der Waals surface area contributed by atoms with Gasteiger partial charge in [0, 0.05) is 25.2 Å². The number of hydrogen-bond acceptors (Lipinski definition) is 3. The number of anilines is 2. The van der Waals surface area contributed by atoms with Crippen LogP contribution in [0.2, 0.25) is 5.02 Å². The van der Waals surface area contributed by atoms with Crippen molar-refractivity contribution in [2.75, 3.05) is 30.7 Å². The number of rotatable bonds is 5. The molecule has 1 unspecified atom stereocenters. The molecule has 20 heavy (non-hydrogen) atoms. The fourth-order valence-corrected chi connectivity index (χ4v) is 2.67. The molecule has 1 saturated heterocycles. The second-order valence-electron chi connectivity index (χ2n) is 5.40. The second kappa shape index (κ2) is 6.95. The van der Waals surface area contributed by atoms with Crippen molar-refractivity contribution in [1.82, 2.24) is 4.90 Å². The van der Waals surface area contributed by atoms with Crippen LogP contribution in [0.3, 0.4) is 0 Å². The molecule has 2 rings (SSSR count). The van der Waals surface area contributed by atoms with E-state index in [4.69, 9.17) is 17.3 Å². The van der Waals surface area contributed by atoms with Crippen LogP contribution in [-0.2, 0) is 4.79 Å². The molecule has 1 aliphatic heterocycles. The number of halogens is 1. The van der Waals surface area contributed by atoms with Gasteiger partial charge in [-0.15, -0.1) is 0 Å². The predicted octanol–water partition coefficient (Wildman–Crippen LogP) is 2.98. The molecular weight excluding hydrogens is 274 g/mol. The third-order valence-corrected chi connectivity index (χ3v) is 4.23. The zero-order valence-electron chi connectivity index (χ0n) is 11.9. The zero-order valence-corrected chi connectivity index (χ0v) is 12.6. The molecule has 5 heteroatoms. The maximum atomic E-state index is 11.9. The lowest BCUT2D eigenvalue weighted by atomic mass is 10.1. The lowest BCUT2D eigenvalue weighted by molar-refractivity contribution is -0.116. The van der Waals surface area contributed by atoms with E-state index in [-0.39, 0.29) is 5.91 Å². The van der Waals surface area contributed by atoms with E-state index in [0.29, 0.717) is 22.8 Å². The van der Waals surface area contributed by atoms with E-state index in [1.807, 2.05) is 0 Å². The Morgan fingerprint density at radius 3 is 3.00 bits per heavy atom. The fourth-order valence-electron chi connectivity index (χ4n) is 2.55. The molecule has 1 fully saturated rings. The van der Waals surface area contributed by atoms with Gasteiger partial charge in [0.15, 0.2) is 0 Å². The number of benzene rings is 1. The highest BCUT2D eigenvalue weighted by Crippen LogP contribution is 2.22. The summed E-state index contributed by atoms with van der Waals surface area (Å²) in [6.07, 6.45) is 3.00. The van der Waals surface area contributed by atoms with Crippen LogP contribution >= 0.6 is 11.6 Å². The maximum absolute atomic E-state index is 11.9. The summed E-state index contributed by atoms with van der Waals surface area (Å²) in [7, 11) is 0. The minimum Gasteiger partial charge on any atom is -0.397 e. The summed E-state index contributed by atoms with van der Waals surface area (Å²) < 4.78 is 0. The molecule has 0 spiro atoms. The molecular formula is C15H22ClN3O. The normalized spacial score (nSPS) is 19.2. The zero-order chi connectivity index (χ0) is 14.5. The van der Waals surface area contributed by atoms with Crippen molar-refractivity contribution in [3.8, 4) is 0 Å². The summed E-state index contributed by atoms with van der Waals surface area (Å²) in [4.78, 5) is 14.3. The molecule has 4 nitrogen and oxygen atoms in total. The number of amides is 1. The highest BCUT2D eigenvalue weighted by Gasteiger charge is 2.20. The van der Waals surface area contributed by atoms with Crippen LogP contribution in [0.1, 0.15) is 26.2 Å². The van der Waals surface area contributed by atoms with Crippen molar-refractivity contribution in [3.63, 3.8) is 0 Å². The van der Waals surface area contributed by atoms with E-state index < -0.39 is 0 Å². The van der Waals surface area contributed by atoms with Gasteiger partial charge >= 0.3 is 0 Å². The smallest absolute Gasteiger partial charge is 0.225 e. The lowest BCUT2D eigenvalue weighted by Crippen LogP contribution is -2.26. The number of hydrogen-bond donors (Lipinski definition) is 2. The van der Waals surface area contributed by atoms with Crippen LogP contribution in [0.15, 0.2) is 18.2 Å². The van der Waals surface area contributed by atoms with E-state index in [1.165, 1.54) is 12.8 Å². The van der Waals surface area contributed by atoms with Crippen LogP contribution in [0.25, 0.3) is 0 Å². The monoisotopic (exact) mass is 295 g/mol. The molecule has 1 heterocycles. The predicted molar refractivity (Wildman–Crippen MR) is 83.9 cm³/mol. The van der Waals surface area contributed by atoms with Gasteiger partial charge in [0.05, 0.1) is 10.7 Å². The molecule has 0 aliphatic carbocycles. The van der Waals surface area contributed by atoms with Gasteiger partial charge in [-0.2, -0.15) is 0 Å². The highest BCUT2D eigenvalue weighted by atomic mass is 35.5. The molecule has 1 amide bonds. The maximum Gasteiger partial charge on any atom is 0.225 e. The van der Waals surface area contributed by atoms with Gasteiger partial charge < -0.3 is 16.0 Å². The quantitative estimate of drug-likeness (QED) is 0.821. The molecule has 1 aromatic rings. The van der Waals surface area contributed by atoms with Gasteiger partial charge in [-0.25, -0.2) is 0 Å². The van der Waals surface area contributed by atoms with Crippen molar-refractivity contribution in [2.24, 2.45) is 5.92 Å². The first kappa shape index (κ1) is 15.1. The number of nitrogens with one attached hydrogen (secondary N) is 1. The van der Waals surface area contributed by atoms with Crippen molar-refractivity contribution < 1.29 is 4.79 Å². The van der Waals surface area contributed by atoms with Crippen molar-refractivity contribution in [1.29, 1.82) is 0 Å².